The van der Waals surface area contributed by atoms with Gasteiger partial charge >= 0.3 is 0 Å². The van der Waals surface area contributed by atoms with E-state index in [1.807, 2.05) is 6.92 Å². The molecule has 0 saturated heterocycles. The van der Waals surface area contributed by atoms with Gasteiger partial charge in [0, 0.05) is 31.7 Å². The van der Waals surface area contributed by atoms with Crippen molar-refractivity contribution < 1.29 is 4.39 Å². The van der Waals surface area contributed by atoms with Crippen LogP contribution in [0.1, 0.15) is 25.8 Å². The molecule has 5 heteroatoms. The number of nitrogens with one attached hydrogen (secondary N) is 1. The summed E-state index contributed by atoms with van der Waals surface area (Å²) in [4.78, 5) is 8.71. The molecule has 0 amide bonds. The topological polar surface area (TPSA) is 31.4 Å². The zero-order valence-electron chi connectivity index (χ0n) is 13.1. The van der Waals surface area contributed by atoms with Gasteiger partial charge in [-0.2, -0.15) is 0 Å². The Bertz CT molecular complexity index is 395. The number of hydrogen-bond donors (Lipinski definition) is 1. The summed E-state index contributed by atoms with van der Waals surface area (Å²) in [5.74, 6) is 0.627. The highest BCUT2D eigenvalue weighted by Crippen LogP contribution is 2.19. The van der Waals surface area contributed by atoms with Gasteiger partial charge < -0.3 is 15.1 Å². The molecule has 1 aromatic heterocycles. The van der Waals surface area contributed by atoms with E-state index in [1.165, 1.54) is 6.20 Å². The highest BCUT2D eigenvalue weighted by atomic mass is 19.1. The van der Waals surface area contributed by atoms with Crippen molar-refractivity contribution in [2.75, 3.05) is 45.2 Å². The van der Waals surface area contributed by atoms with Crippen LogP contribution in [0.4, 0.5) is 10.2 Å². The minimum absolute atomic E-state index is 0.272. The molecule has 0 radical (unpaired) electrons. The van der Waals surface area contributed by atoms with Crippen LogP contribution in [0.15, 0.2) is 12.3 Å². The molecule has 0 fully saturated rings. The number of anilines is 1. The van der Waals surface area contributed by atoms with Gasteiger partial charge in [-0.15, -0.1) is 0 Å². The number of nitrogens with zero attached hydrogens (tertiary/aromatic N) is 3. The summed E-state index contributed by atoms with van der Waals surface area (Å²) in [5.41, 5.74) is 0.930. The molecule has 0 aromatic carbocycles. The molecule has 1 heterocycles. The van der Waals surface area contributed by atoms with Crippen LogP contribution in [0.5, 0.6) is 0 Å². The zero-order chi connectivity index (χ0) is 15.0. The van der Waals surface area contributed by atoms with Crippen molar-refractivity contribution in [2.45, 2.75) is 26.8 Å². The first-order chi connectivity index (χ1) is 9.58. The Kier molecular flexibility index (Phi) is 7.47. The summed E-state index contributed by atoms with van der Waals surface area (Å²) in [7, 11) is 4.11. The lowest BCUT2D eigenvalue weighted by Crippen LogP contribution is -2.34. The molecule has 0 saturated carbocycles. The molecule has 0 spiro atoms. The predicted molar refractivity (Wildman–Crippen MR) is 82.6 cm³/mol. The van der Waals surface area contributed by atoms with E-state index >= 15 is 0 Å². The Morgan fingerprint density at radius 2 is 1.95 bits per heavy atom. The van der Waals surface area contributed by atoms with Crippen LogP contribution in [-0.2, 0) is 6.54 Å². The molecule has 0 atom stereocenters. The van der Waals surface area contributed by atoms with Crippen molar-refractivity contribution in [2.24, 2.45) is 0 Å². The largest absolute Gasteiger partial charge is 0.355 e. The lowest BCUT2D eigenvalue weighted by molar-refractivity contribution is 0.412. The fraction of sp³-hybridized carbons (Fsp3) is 0.667. The SMILES string of the molecule is CCCN(CCN(C)C)c1ncc(F)cc1CNCC. The average molecular weight is 282 g/mol. The summed E-state index contributed by atoms with van der Waals surface area (Å²) in [5, 5.41) is 3.25. The van der Waals surface area contributed by atoms with E-state index in [0.29, 0.717) is 6.54 Å². The summed E-state index contributed by atoms with van der Waals surface area (Å²) in [6.45, 7) is 8.50. The van der Waals surface area contributed by atoms with Gasteiger partial charge in [0.15, 0.2) is 0 Å². The second kappa shape index (κ2) is 8.87. The molecule has 0 aliphatic heterocycles. The molecular weight excluding hydrogens is 255 g/mol. The highest BCUT2D eigenvalue weighted by Gasteiger charge is 2.13. The number of likely N-dealkylation sites (N-methyl/N-ethyl adjacent to an activating group) is 1. The van der Waals surface area contributed by atoms with Gasteiger partial charge in [0.25, 0.3) is 0 Å². The van der Waals surface area contributed by atoms with E-state index in [1.54, 1.807) is 6.07 Å². The van der Waals surface area contributed by atoms with Crippen molar-refractivity contribution in [3.05, 3.63) is 23.6 Å². The van der Waals surface area contributed by atoms with Crippen molar-refractivity contribution in [1.29, 1.82) is 0 Å². The monoisotopic (exact) mass is 282 g/mol. The maximum absolute atomic E-state index is 13.4. The van der Waals surface area contributed by atoms with Gasteiger partial charge in [-0.05, 0) is 33.1 Å². The second-order valence-corrected chi connectivity index (χ2v) is 5.21. The average Bonchev–Trinajstić information content (AvgIpc) is 2.41. The Labute approximate surface area is 122 Å². The lowest BCUT2D eigenvalue weighted by Gasteiger charge is -2.27. The van der Waals surface area contributed by atoms with Crippen molar-refractivity contribution >= 4 is 5.82 Å². The molecule has 1 aromatic rings. The number of pyridine rings is 1. The molecule has 20 heavy (non-hydrogen) atoms. The first-order valence-corrected chi connectivity index (χ1v) is 7.33. The fourth-order valence-electron chi connectivity index (χ4n) is 2.06. The summed E-state index contributed by atoms with van der Waals surface area (Å²) < 4.78 is 13.4. The molecule has 0 aliphatic rings. The lowest BCUT2D eigenvalue weighted by atomic mass is 10.2. The van der Waals surface area contributed by atoms with Crippen LogP contribution in [0.3, 0.4) is 0 Å². The van der Waals surface area contributed by atoms with Crippen molar-refractivity contribution in [3.63, 3.8) is 0 Å². The molecule has 0 unspecified atom stereocenters. The van der Waals surface area contributed by atoms with E-state index in [9.17, 15) is 4.39 Å². The Hall–Kier alpha value is -1.20. The normalized spacial score (nSPS) is 11.1. The number of hydrogen-bond acceptors (Lipinski definition) is 4. The third-order valence-corrected chi connectivity index (χ3v) is 3.09. The third kappa shape index (κ3) is 5.43. The standard InChI is InChI=1S/C15H27FN4/c1-5-7-20(9-8-19(3)4)15-13(11-17-6-2)10-14(16)12-18-15/h10,12,17H,5-9,11H2,1-4H3. The number of rotatable bonds is 9. The third-order valence-electron chi connectivity index (χ3n) is 3.09. The van der Waals surface area contributed by atoms with E-state index < -0.39 is 0 Å². The number of aromatic nitrogens is 1. The molecule has 1 N–H and O–H groups in total. The minimum atomic E-state index is -0.272. The van der Waals surface area contributed by atoms with E-state index in [-0.39, 0.29) is 5.82 Å². The summed E-state index contributed by atoms with van der Waals surface area (Å²) in [6, 6.07) is 1.59. The fourth-order valence-corrected chi connectivity index (χ4v) is 2.06. The number of halogens is 1. The van der Waals surface area contributed by atoms with E-state index in [2.05, 4.69) is 41.1 Å². The quantitative estimate of drug-likeness (QED) is 0.751. The van der Waals surface area contributed by atoms with Gasteiger partial charge in [0.1, 0.15) is 11.6 Å². The Morgan fingerprint density at radius 3 is 2.55 bits per heavy atom. The minimum Gasteiger partial charge on any atom is -0.355 e. The van der Waals surface area contributed by atoms with Gasteiger partial charge in [0.2, 0.25) is 0 Å². The van der Waals surface area contributed by atoms with Gasteiger partial charge in [-0.3, -0.25) is 0 Å². The zero-order valence-corrected chi connectivity index (χ0v) is 13.1. The van der Waals surface area contributed by atoms with Crippen LogP contribution in [0.2, 0.25) is 0 Å². The second-order valence-electron chi connectivity index (χ2n) is 5.21. The smallest absolute Gasteiger partial charge is 0.141 e. The van der Waals surface area contributed by atoms with E-state index in [4.69, 9.17) is 0 Å². The predicted octanol–water partition coefficient (Wildman–Crippen LogP) is 2.11. The molecule has 4 nitrogen and oxygen atoms in total. The van der Waals surface area contributed by atoms with Gasteiger partial charge in [-0.1, -0.05) is 13.8 Å². The van der Waals surface area contributed by atoms with Crippen molar-refractivity contribution in [3.8, 4) is 0 Å². The van der Waals surface area contributed by atoms with E-state index in [0.717, 1.165) is 44.0 Å². The first-order valence-electron chi connectivity index (χ1n) is 7.33. The molecule has 1 rings (SSSR count). The highest BCUT2D eigenvalue weighted by molar-refractivity contribution is 5.47. The van der Waals surface area contributed by atoms with Crippen molar-refractivity contribution in [1.82, 2.24) is 15.2 Å². The maximum atomic E-state index is 13.4. The first kappa shape index (κ1) is 16.9. The maximum Gasteiger partial charge on any atom is 0.141 e. The van der Waals surface area contributed by atoms with Crippen LogP contribution in [-0.4, -0.2) is 50.2 Å². The van der Waals surface area contributed by atoms with Crippen LogP contribution in [0, 0.1) is 5.82 Å². The Balaban J connectivity index is 2.91. The van der Waals surface area contributed by atoms with Crippen LogP contribution < -0.4 is 10.2 Å². The summed E-state index contributed by atoms with van der Waals surface area (Å²) in [6.07, 6.45) is 2.36. The Morgan fingerprint density at radius 1 is 1.20 bits per heavy atom. The van der Waals surface area contributed by atoms with Crippen LogP contribution in [0.25, 0.3) is 0 Å². The molecule has 0 aliphatic carbocycles. The van der Waals surface area contributed by atoms with Crippen LogP contribution >= 0.6 is 0 Å². The summed E-state index contributed by atoms with van der Waals surface area (Å²) >= 11 is 0. The van der Waals surface area contributed by atoms with Gasteiger partial charge in [-0.25, -0.2) is 9.37 Å². The van der Waals surface area contributed by atoms with Gasteiger partial charge in [0.05, 0.1) is 6.20 Å². The molecule has 114 valence electrons. The molecule has 0 bridgehead atoms. The molecular formula is C15H27FN4.